The Morgan fingerprint density at radius 3 is 3.00 bits per heavy atom. The first-order chi connectivity index (χ1) is 7.25. The third kappa shape index (κ3) is 2.89. The fourth-order valence-corrected chi connectivity index (χ4v) is 2.69. The number of nitrogen functional groups attached to an aromatic ring is 1. The van der Waals surface area contributed by atoms with Gasteiger partial charge in [0.2, 0.25) is 5.13 Å². The van der Waals surface area contributed by atoms with Gasteiger partial charge in [0, 0.05) is 19.0 Å². The Morgan fingerprint density at radius 1 is 1.47 bits per heavy atom. The van der Waals surface area contributed by atoms with Crippen molar-refractivity contribution in [3.05, 3.63) is 5.01 Å². The minimum absolute atomic E-state index is 0.580. The highest BCUT2D eigenvalue weighted by Gasteiger charge is 2.17. The number of likely N-dealkylation sites (tertiary alicyclic amines) is 1. The number of anilines is 1. The van der Waals surface area contributed by atoms with Crippen molar-refractivity contribution < 1.29 is 0 Å². The SMILES string of the molecule is CC1CCCCN1CCc1nnc(N)s1. The lowest BCUT2D eigenvalue weighted by Crippen LogP contribution is -2.38. The van der Waals surface area contributed by atoms with Gasteiger partial charge in [-0.15, -0.1) is 10.2 Å². The summed E-state index contributed by atoms with van der Waals surface area (Å²) in [7, 11) is 0. The molecule has 0 radical (unpaired) electrons. The van der Waals surface area contributed by atoms with Crippen LogP contribution in [0.15, 0.2) is 0 Å². The summed E-state index contributed by atoms with van der Waals surface area (Å²) in [6.45, 7) is 4.64. The lowest BCUT2D eigenvalue weighted by atomic mass is 10.0. The predicted octanol–water partition coefficient (Wildman–Crippen LogP) is 1.54. The summed E-state index contributed by atoms with van der Waals surface area (Å²) < 4.78 is 0. The Kier molecular flexibility index (Phi) is 3.53. The van der Waals surface area contributed by atoms with Crippen LogP contribution in [0.2, 0.25) is 0 Å². The monoisotopic (exact) mass is 226 g/mol. The molecule has 2 N–H and O–H groups in total. The molecule has 15 heavy (non-hydrogen) atoms. The van der Waals surface area contributed by atoms with Gasteiger partial charge in [-0.3, -0.25) is 0 Å². The minimum atomic E-state index is 0.580. The maximum atomic E-state index is 5.55. The topological polar surface area (TPSA) is 55.0 Å². The van der Waals surface area contributed by atoms with E-state index in [1.807, 2.05) is 0 Å². The second-order valence-electron chi connectivity index (χ2n) is 4.16. The van der Waals surface area contributed by atoms with Crippen LogP contribution in [0.5, 0.6) is 0 Å². The van der Waals surface area contributed by atoms with Gasteiger partial charge in [0.15, 0.2) is 0 Å². The molecule has 5 heteroatoms. The molecule has 2 rings (SSSR count). The molecule has 1 saturated heterocycles. The van der Waals surface area contributed by atoms with E-state index >= 15 is 0 Å². The zero-order valence-corrected chi connectivity index (χ0v) is 9.96. The van der Waals surface area contributed by atoms with Crippen LogP contribution in [0.1, 0.15) is 31.2 Å². The van der Waals surface area contributed by atoms with Gasteiger partial charge >= 0.3 is 0 Å². The molecule has 0 saturated carbocycles. The molecule has 0 spiro atoms. The number of rotatable bonds is 3. The van der Waals surface area contributed by atoms with Crippen molar-refractivity contribution in [3.63, 3.8) is 0 Å². The minimum Gasteiger partial charge on any atom is -0.374 e. The average molecular weight is 226 g/mol. The largest absolute Gasteiger partial charge is 0.374 e. The van der Waals surface area contributed by atoms with Gasteiger partial charge in [-0.25, -0.2) is 0 Å². The maximum Gasteiger partial charge on any atom is 0.203 e. The van der Waals surface area contributed by atoms with Crippen LogP contribution in [-0.4, -0.2) is 34.2 Å². The molecule has 1 aliphatic rings. The third-order valence-electron chi connectivity index (χ3n) is 3.04. The van der Waals surface area contributed by atoms with E-state index in [1.54, 1.807) is 0 Å². The lowest BCUT2D eigenvalue weighted by Gasteiger charge is -2.32. The number of nitrogens with two attached hydrogens (primary N) is 1. The molecule has 1 aromatic rings. The molecular weight excluding hydrogens is 208 g/mol. The van der Waals surface area contributed by atoms with Gasteiger partial charge in [-0.1, -0.05) is 17.8 Å². The van der Waals surface area contributed by atoms with Crippen LogP contribution in [0.3, 0.4) is 0 Å². The van der Waals surface area contributed by atoms with Crippen LogP contribution in [0.4, 0.5) is 5.13 Å². The Hall–Kier alpha value is -0.680. The normalized spacial score (nSPS) is 23.1. The molecule has 0 aliphatic carbocycles. The molecule has 1 unspecified atom stereocenters. The van der Waals surface area contributed by atoms with Gasteiger partial charge in [0.05, 0.1) is 0 Å². The van der Waals surface area contributed by atoms with Crippen molar-refractivity contribution >= 4 is 16.5 Å². The van der Waals surface area contributed by atoms with Crippen LogP contribution in [0.25, 0.3) is 0 Å². The van der Waals surface area contributed by atoms with E-state index in [0.29, 0.717) is 5.13 Å². The fraction of sp³-hybridized carbons (Fsp3) is 0.800. The van der Waals surface area contributed by atoms with Crippen LogP contribution in [-0.2, 0) is 6.42 Å². The van der Waals surface area contributed by atoms with E-state index in [1.165, 1.54) is 37.1 Å². The summed E-state index contributed by atoms with van der Waals surface area (Å²) in [6, 6.07) is 0.726. The van der Waals surface area contributed by atoms with Gasteiger partial charge < -0.3 is 10.6 Å². The molecule has 4 nitrogen and oxygen atoms in total. The first-order valence-electron chi connectivity index (χ1n) is 5.57. The zero-order chi connectivity index (χ0) is 10.7. The Bertz CT molecular complexity index is 312. The molecule has 1 atom stereocenters. The summed E-state index contributed by atoms with van der Waals surface area (Å²) >= 11 is 1.51. The molecule has 1 fully saturated rings. The third-order valence-corrected chi connectivity index (χ3v) is 3.85. The molecule has 1 aliphatic heterocycles. The molecular formula is C10H18N4S. The molecule has 84 valence electrons. The maximum absolute atomic E-state index is 5.55. The predicted molar refractivity (Wildman–Crippen MR) is 62.9 cm³/mol. The summed E-state index contributed by atoms with van der Waals surface area (Å²) in [5, 5.41) is 9.51. The van der Waals surface area contributed by atoms with Crippen molar-refractivity contribution in [1.29, 1.82) is 0 Å². The van der Waals surface area contributed by atoms with Crippen molar-refractivity contribution in [2.45, 2.75) is 38.6 Å². The van der Waals surface area contributed by atoms with E-state index < -0.39 is 0 Å². The number of hydrogen-bond acceptors (Lipinski definition) is 5. The van der Waals surface area contributed by atoms with Crippen molar-refractivity contribution in [2.75, 3.05) is 18.8 Å². The van der Waals surface area contributed by atoms with Crippen LogP contribution in [0, 0.1) is 0 Å². The second kappa shape index (κ2) is 4.90. The Labute approximate surface area is 94.5 Å². The van der Waals surface area contributed by atoms with E-state index in [9.17, 15) is 0 Å². The van der Waals surface area contributed by atoms with Crippen LogP contribution < -0.4 is 5.73 Å². The van der Waals surface area contributed by atoms with E-state index in [-0.39, 0.29) is 0 Å². The molecule has 2 heterocycles. The Balaban J connectivity index is 1.81. The van der Waals surface area contributed by atoms with Crippen LogP contribution >= 0.6 is 11.3 Å². The van der Waals surface area contributed by atoms with Gasteiger partial charge in [-0.2, -0.15) is 0 Å². The molecule has 0 bridgehead atoms. The number of hydrogen-bond donors (Lipinski definition) is 1. The van der Waals surface area contributed by atoms with Crippen molar-refractivity contribution in [2.24, 2.45) is 0 Å². The smallest absolute Gasteiger partial charge is 0.203 e. The highest BCUT2D eigenvalue weighted by molar-refractivity contribution is 7.15. The standard InChI is InChI=1S/C10H18N4S/c1-8-4-2-3-6-14(8)7-5-9-12-13-10(11)15-9/h8H,2-7H2,1H3,(H2,11,13). The van der Waals surface area contributed by atoms with E-state index in [4.69, 9.17) is 5.73 Å². The summed E-state index contributed by atoms with van der Waals surface area (Å²) in [6.07, 6.45) is 5.03. The van der Waals surface area contributed by atoms with E-state index in [2.05, 4.69) is 22.0 Å². The van der Waals surface area contributed by atoms with Gasteiger partial charge in [0.1, 0.15) is 5.01 Å². The molecule has 1 aromatic heterocycles. The first-order valence-corrected chi connectivity index (χ1v) is 6.39. The summed E-state index contributed by atoms with van der Waals surface area (Å²) in [5.41, 5.74) is 5.55. The Morgan fingerprint density at radius 2 is 2.33 bits per heavy atom. The van der Waals surface area contributed by atoms with Crippen molar-refractivity contribution in [1.82, 2.24) is 15.1 Å². The highest BCUT2D eigenvalue weighted by atomic mass is 32.1. The molecule has 0 amide bonds. The van der Waals surface area contributed by atoms with E-state index in [0.717, 1.165) is 24.0 Å². The van der Waals surface area contributed by atoms with Gasteiger partial charge in [-0.05, 0) is 26.3 Å². The zero-order valence-electron chi connectivity index (χ0n) is 9.15. The number of aromatic nitrogens is 2. The lowest BCUT2D eigenvalue weighted by molar-refractivity contribution is 0.162. The first kappa shape index (κ1) is 10.8. The van der Waals surface area contributed by atoms with Crippen molar-refractivity contribution in [3.8, 4) is 0 Å². The van der Waals surface area contributed by atoms with Gasteiger partial charge in [0.25, 0.3) is 0 Å². The average Bonchev–Trinajstić information content (AvgIpc) is 2.63. The summed E-state index contributed by atoms with van der Waals surface area (Å²) in [5.74, 6) is 0. The second-order valence-corrected chi connectivity index (χ2v) is 5.26. The fourth-order valence-electron chi connectivity index (χ4n) is 2.10. The summed E-state index contributed by atoms with van der Waals surface area (Å²) in [4.78, 5) is 2.54. The highest BCUT2D eigenvalue weighted by Crippen LogP contribution is 2.18. The quantitative estimate of drug-likeness (QED) is 0.849. The molecule has 0 aromatic carbocycles. The number of nitrogens with zero attached hydrogens (tertiary/aromatic N) is 3. The number of piperidine rings is 1.